The number of rotatable bonds is 3. The van der Waals surface area contributed by atoms with E-state index in [1.54, 1.807) is 0 Å². The number of hydrogen-bond donors (Lipinski definition) is 1. The SMILES string of the molecule is C[C@H]1CN(C(=O)NCc2ccnc(N3CCN(C)CC3)c2)C[C@H](C)O1. The molecule has 0 saturated carbocycles. The second-order valence-corrected chi connectivity index (χ2v) is 7.13. The summed E-state index contributed by atoms with van der Waals surface area (Å²) in [5.74, 6) is 0.994. The normalized spacial score (nSPS) is 25.1. The summed E-state index contributed by atoms with van der Waals surface area (Å²) in [4.78, 5) is 23.4. The Morgan fingerprint density at radius 1 is 1.24 bits per heavy atom. The predicted molar refractivity (Wildman–Crippen MR) is 97.8 cm³/mol. The molecule has 2 aliphatic heterocycles. The highest BCUT2D eigenvalue weighted by Gasteiger charge is 2.25. The highest BCUT2D eigenvalue weighted by Crippen LogP contribution is 2.15. The van der Waals surface area contributed by atoms with E-state index < -0.39 is 0 Å². The number of urea groups is 1. The summed E-state index contributed by atoms with van der Waals surface area (Å²) in [5, 5.41) is 3.02. The van der Waals surface area contributed by atoms with Crippen molar-refractivity contribution in [3.8, 4) is 0 Å². The third-order valence-corrected chi connectivity index (χ3v) is 4.79. The van der Waals surface area contributed by atoms with Crippen LogP contribution in [0.2, 0.25) is 0 Å². The first-order valence-electron chi connectivity index (χ1n) is 9.08. The predicted octanol–water partition coefficient (Wildman–Crippen LogP) is 1.15. The van der Waals surface area contributed by atoms with Gasteiger partial charge in [0.2, 0.25) is 0 Å². The van der Waals surface area contributed by atoms with Gasteiger partial charge in [-0.15, -0.1) is 0 Å². The molecule has 0 aromatic carbocycles. The fraction of sp³-hybridized carbons (Fsp3) is 0.667. The van der Waals surface area contributed by atoms with Gasteiger partial charge in [-0.3, -0.25) is 0 Å². The molecule has 3 rings (SSSR count). The Kier molecular flexibility index (Phi) is 5.75. The van der Waals surface area contributed by atoms with E-state index in [-0.39, 0.29) is 18.2 Å². The summed E-state index contributed by atoms with van der Waals surface area (Å²) in [6.07, 6.45) is 1.99. The Bertz CT molecular complexity index is 579. The van der Waals surface area contributed by atoms with E-state index in [1.165, 1.54) is 0 Å². The monoisotopic (exact) mass is 347 g/mol. The number of pyridine rings is 1. The van der Waals surface area contributed by atoms with Crippen molar-refractivity contribution in [2.75, 3.05) is 51.2 Å². The maximum absolute atomic E-state index is 12.4. The van der Waals surface area contributed by atoms with Crippen LogP contribution in [0.5, 0.6) is 0 Å². The molecule has 2 saturated heterocycles. The van der Waals surface area contributed by atoms with Crippen molar-refractivity contribution in [1.82, 2.24) is 20.1 Å². The van der Waals surface area contributed by atoms with E-state index in [0.29, 0.717) is 19.6 Å². The zero-order chi connectivity index (χ0) is 17.8. The Morgan fingerprint density at radius 3 is 2.60 bits per heavy atom. The lowest BCUT2D eigenvalue weighted by Gasteiger charge is -2.35. The van der Waals surface area contributed by atoms with E-state index in [9.17, 15) is 4.79 Å². The Morgan fingerprint density at radius 2 is 1.92 bits per heavy atom. The van der Waals surface area contributed by atoms with Crippen molar-refractivity contribution in [3.05, 3.63) is 23.9 Å². The van der Waals surface area contributed by atoms with Crippen molar-refractivity contribution < 1.29 is 9.53 Å². The molecule has 1 aromatic heterocycles. The molecule has 138 valence electrons. The molecule has 0 bridgehead atoms. The van der Waals surface area contributed by atoms with E-state index >= 15 is 0 Å². The van der Waals surface area contributed by atoms with Crippen LogP contribution in [-0.4, -0.2) is 79.3 Å². The van der Waals surface area contributed by atoms with E-state index in [0.717, 1.165) is 37.6 Å². The van der Waals surface area contributed by atoms with Crippen molar-refractivity contribution in [3.63, 3.8) is 0 Å². The molecule has 1 N–H and O–H groups in total. The Hall–Kier alpha value is -1.86. The molecule has 7 nitrogen and oxygen atoms in total. The van der Waals surface area contributed by atoms with E-state index in [4.69, 9.17) is 4.74 Å². The molecule has 2 fully saturated rings. The summed E-state index contributed by atoms with van der Waals surface area (Å²) in [7, 11) is 2.14. The molecular formula is C18H29N5O2. The maximum atomic E-state index is 12.4. The quantitative estimate of drug-likeness (QED) is 0.889. The summed E-state index contributed by atoms with van der Waals surface area (Å²) < 4.78 is 5.68. The molecule has 0 spiro atoms. The molecule has 1 aromatic rings. The number of likely N-dealkylation sites (N-methyl/N-ethyl adjacent to an activating group) is 1. The Labute approximate surface area is 149 Å². The summed E-state index contributed by atoms with van der Waals surface area (Å²) in [6, 6.07) is 4.01. The van der Waals surface area contributed by atoms with Crippen molar-refractivity contribution in [2.24, 2.45) is 0 Å². The Balaban J connectivity index is 1.54. The smallest absolute Gasteiger partial charge is 0.317 e. The average molecular weight is 347 g/mol. The van der Waals surface area contributed by atoms with Gasteiger partial charge in [0.15, 0.2) is 0 Å². The van der Waals surface area contributed by atoms with Gasteiger partial charge in [-0.2, -0.15) is 0 Å². The van der Waals surface area contributed by atoms with Crippen LogP contribution in [0.4, 0.5) is 10.6 Å². The fourth-order valence-corrected chi connectivity index (χ4v) is 3.41. The van der Waals surface area contributed by atoms with E-state index in [1.807, 2.05) is 31.0 Å². The fourth-order valence-electron chi connectivity index (χ4n) is 3.41. The van der Waals surface area contributed by atoms with Gasteiger partial charge in [0.05, 0.1) is 12.2 Å². The van der Waals surface area contributed by atoms with Gasteiger partial charge in [0.25, 0.3) is 0 Å². The van der Waals surface area contributed by atoms with Crippen molar-refractivity contribution >= 4 is 11.8 Å². The lowest BCUT2D eigenvalue weighted by molar-refractivity contribution is -0.0545. The van der Waals surface area contributed by atoms with Gasteiger partial charge >= 0.3 is 6.03 Å². The largest absolute Gasteiger partial charge is 0.372 e. The maximum Gasteiger partial charge on any atom is 0.317 e. The van der Waals surface area contributed by atoms with Crippen LogP contribution in [-0.2, 0) is 11.3 Å². The lowest BCUT2D eigenvalue weighted by Crippen LogP contribution is -2.51. The zero-order valence-corrected chi connectivity index (χ0v) is 15.4. The number of hydrogen-bond acceptors (Lipinski definition) is 5. The number of amides is 2. The number of nitrogens with one attached hydrogen (secondary N) is 1. The molecule has 0 aliphatic carbocycles. The molecule has 3 heterocycles. The number of nitrogens with zero attached hydrogens (tertiary/aromatic N) is 4. The minimum absolute atomic E-state index is 0.0278. The second-order valence-electron chi connectivity index (χ2n) is 7.13. The topological polar surface area (TPSA) is 60.9 Å². The number of morpholine rings is 1. The number of anilines is 1. The van der Waals surface area contributed by atoms with Gasteiger partial charge in [0.1, 0.15) is 5.82 Å². The van der Waals surface area contributed by atoms with Gasteiger partial charge in [0, 0.05) is 52.0 Å². The number of aromatic nitrogens is 1. The van der Waals surface area contributed by atoms with Gasteiger partial charge in [-0.05, 0) is 38.6 Å². The van der Waals surface area contributed by atoms with Gasteiger partial charge in [-0.1, -0.05) is 0 Å². The number of carbonyl (C=O) groups is 1. The first-order chi connectivity index (χ1) is 12.0. The first-order valence-corrected chi connectivity index (χ1v) is 9.08. The lowest BCUT2D eigenvalue weighted by atomic mass is 10.2. The molecule has 2 amide bonds. The molecule has 25 heavy (non-hydrogen) atoms. The minimum Gasteiger partial charge on any atom is -0.372 e. The third kappa shape index (κ3) is 4.83. The van der Waals surface area contributed by atoms with Crippen LogP contribution in [0.15, 0.2) is 18.3 Å². The van der Waals surface area contributed by atoms with Crippen LogP contribution in [0, 0.1) is 0 Å². The van der Waals surface area contributed by atoms with E-state index in [2.05, 4.69) is 33.2 Å². The van der Waals surface area contributed by atoms with Crippen molar-refractivity contribution in [1.29, 1.82) is 0 Å². The van der Waals surface area contributed by atoms with Crippen LogP contribution in [0.3, 0.4) is 0 Å². The van der Waals surface area contributed by atoms with Crippen LogP contribution in [0.25, 0.3) is 0 Å². The molecule has 2 aliphatic rings. The summed E-state index contributed by atoms with van der Waals surface area (Å²) >= 11 is 0. The molecule has 2 atom stereocenters. The van der Waals surface area contributed by atoms with Gasteiger partial charge in [-0.25, -0.2) is 9.78 Å². The molecule has 0 unspecified atom stereocenters. The molecule has 7 heteroatoms. The van der Waals surface area contributed by atoms with Crippen LogP contribution >= 0.6 is 0 Å². The summed E-state index contributed by atoms with van der Waals surface area (Å²) in [5.41, 5.74) is 1.08. The van der Waals surface area contributed by atoms with Crippen LogP contribution < -0.4 is 10.2 Å². The standard InChI is InChI=1S/C18H29N5O2/c1-14-12-23(13-15(2)25-14)18(24)20-11-16-4-5-19-17(10-16)22-8-6-21(3)7-9-22/h4-5,10,14-15H,6-9,11-13H2,1-3H3,(H,20,24)/t14-,15-/m0/s1. The highest BCUT2D eigenvalue weighted by molar-refractivity contribution is 5.74. The number of ether oxygens (including phenoxy) is 1. The average Bonchev–Trinajstić information content (AvgIpc) is 2.60. The third-order valence-electron chi connectivity index (χ3n) is 4.79. The number of piperazine rings is 1. The van der Waals surface area contributed by atoms with Crippen molar-refractivity contribution in [2.45, 2.75) is 32.6 Å². The minimum atomic E-state index is -0.0278. The second kappa shape index (κ2) is 8.01. The molecular weight excluding hydrogens is 318 g/mol. The zero-order valence-electron chi connectivity index (χ0n) is 15.4. The van der Waals surface area contributed by atoms with Crippen LogP contribution in [0.1, 0.15) is 19.4 Å². The first kappa shape index (κ1) is 17.9. The number of carbonyl (C=O) groups excluding carboxylic acids is 1. The molecule has 0 radical (unpaired) electrons. The summed E-state index contributed by atoms with van der Waals surface area (Å²) in [6.45, 7) is 9.88. The van der Waals surface area contributed by atoms with Gasteiger partial charge < -0.3 is 24.8 Å². The highest BCUT2D eigenvalue weighted by atomic mass is 16.5.